The third-order valence-electron chi connectivity index (χ3n) is 3.98. The van der Waals surface area contributed by atoms with Crippen molar-refractivity contribution in [1.82, 2.24) is 14.9 Å². The minimum atomic E-state index is -0.904. The quantitative estimate of drug-likeness (QED) is 0.832. The monoisotopic (exact) mass is 341 g/mol. The van der Waals surface area contributed by atoms with E-state index in [2.05, 4.69) is 9.97 Å². The molecule has 0 spiro atoms. The van der Waals surface area contributed by atoms with Gasteiger partial charge in [0.15, 0.2) is 0 Å². The molecular weight excluding hydrogens is 322 g/mol. The fourth-order valence-electron chi connectivity index (χ4n) is 2.47. The van der Waals surface area contributed by atoms with E-state index in [0.717, 1.165) is 12.8 Å². The molecule has 1 aromatic heterocycles. The number of amides is 1. The van der Waals surface area contributed by atoms with Crippen LogP contribution in [0.5, 0.6) is 11.6 Å². The maximum atomic E-state index is 12.8. The molecule has 1 N–H and O–H groups in total. The Balaban J connectivity index is 1.76. The number of nitrogens with zero attached hydrogens (tertiary/aromatic N) is 3. The van der Waals surface area contributed by atoms with Crippen LogP contribution >= 0.6 is 0 Å². The van der Waals surface area contributed by atoms with Crippen LogP contribution in [0.2, 0.25) is 0 Å². The Hall–Kier alpha value is -2.96. The van der Waals surface area contributed by atoms with E-state index in [9.17, 15) is 9.59 Å². The Labute approximate surface area is 145 Å². The molecule has 1 unspecified atom stereocenters. The number of aromatic nitrogens is 2. The van der Waals surface area contributed by atoms with Gasteiger partial charge >= 0.3 is 5.97 Å². The van der Waals surface area contributed by atoms with Crippen molar-refractivity contribution in [2.75, 3.05) is 6.54 Å². The summed E-state index contributed by atoms with van der Waals surface area (Å²) in [4.78, 5) is 33.6. The van der Waals surface area contributed by atoms with Crippen LogP contribution in [0.15, 0.2) is 42.9 Å². The van der Waals surface area contributed by atoms with Gasteiger partial charge in [0.05, 0.1) is 12.1 Å². The number of carbonyl (C=O) groups excluding carboxylic acids is 1. The van der Waals surface area contributed by atoms with Gasteiger partial charge in [-0.25, -0.2) is 4.98 Å². The number of hydrogen-bond donors (Lipinski definition) is 1. The molecule has 0 aliphatic heterocycles. The van der Waals surface area contributed by atoms with Crippen molar-refractivity contribution in [3.05, 3.63) is 48.4 Å². The van der Waals surface area contributed by atoms with Crippen LogP contribution in [0.4, 0.5) is 0 Å². The van der Waals surface area contributed by atoms with Crippen LogP contribution in [0, 0.1) is 5.92 Å². The summed E-state index contributed by atoms with van der Waals surface area (Å²) in [5, 5.41) is 9.12. The number of rotatable bonds is 7. The third kappa shape index (κ3) is 4.32. The van der Waals surface area contributed by atoms with Crippen molar-refractivity contribution in [3.63, 3.8) is 0 Å². The zero-order chi connectivity index (χ0) is 17.8. The second kappa shape index (κ2) is 7.29. The van der Waals surface area contributed by atoms with Crippen molar-refractivity contribution in [2.24, 2.45) is 5.92 Å². The fourth-order valence-corrected chi connectivity index (χ4v) is 2.47. The number of aliphatic carboxylic acids is 1. The van der Waals surface area contributed by atoms with Crippen molar-refractivity contribution < 1.29 is 19.4 Å². The third-order valence-corrected chi connectivity index (χ3v) is 3.98. The molecule has 7 heteroatoms. The van der Waals surface area contributed by atoms with Crippen molar-refractivity contribution in [3.8, 4) is 11.6 Å². The molecule has 0 saturated heterocycles. The van der Waals surface area contributed by atoms with Crippen LogP contribution < -0.4 is 4.74 Å². The largest absolute Gasteiger partial charge is 0.481 e. The predicted molar refractivity (Wildman–Crippen MR) is 89.4 cm³/mol. The summed E-state index contributed by atoms with van der Waals surface area (Å²) >= 11 is 0. The molecule has 1 aromatic carbocycles. The van der Waals surface area contributed by atoms with Gasteiger partial charge in [0, 0.05) is 30.5 Å². The van der Waals surface area contributed by atoms with Gasteiger partial charge in [0.1, 0.15) is 5.75 Å². The molecule has 7 nitrogen and oxygen atoms in total. The van der Waals surface area contributed by atoms with Crippen molar-refractivity contribution in [2.45, 2.75) is 25.8 Å². The summed E-state index contributed by atoms with van der Waals surface area (Å²) in [5.41, 5.74) is 0.464. The highest BCUT2D eigenvalue weighted by Crippen LogP contribution is 2.30. The normalized spacial score (nSPS) is 14.6. The van der Waals surface area contributed by atoms with Crippen LogP contribution in [-0.4, -0.2) is 44.4 Å². The van der Waals surface area contributed by atoms with Crippen molar-refractivity contribution in [1.29, 1.82) is 0 Å². The highest BCUT2D eigenvalue weighted by atomic mass is 16.5. The van der Waals surface area contributed by atoms with E-state index in [-0.39, 0.29) is 18.5 Å². The van der Waals surface area contributed by atoms with Gasteiger partial charge < -0.3 is 14.7 Å². The average Bonchev–Trinajstić information content (AvgIpc) is 3.45. The average molecular weight is 341 g/mol. The van der Waals surface area contributed by atoms with Gasteiger partial charge in [0.2, 0.25) is 5.88 Å². The molecule has 2 aromatic rings. The van der Waals surface area contributed by atoms with Crippen LogP contribution in [-0.2, 0) is 4.79 Å². The summed E-state index contributed by atoms with van der Waals surface area (Å²) in [6.45, 7) is 1.81. The number of carboxylic acid groups (broad SMARTS) is 1. The Bertz CT molecular complexity index is 762. The molecule has 1 amide bonds. The molecule has 3 rings (SSSR count). The Morgan fingerprint density at radius 2 is 2.16 bits per heavy atom. The summed E-state index contributed by atoms with van der Waals surface area (Å²) in [6.07, 6.45) is 6.37. The van der Waals surface area contributed by atoms with Crippen molar-refractivity contribution >= 4 is 11.9 Å². The zero-order valence-corrected chi connectivity index (χ0v) is 13.8. The number of ether oxygens (including phenoxy) is 1. The van der Waals surface area contributed by atoms with E-state index in [0.29, 0.717) is 17.2 Å². The first-order valence-electron chi connectivity index (χ1n) is 8.12. The Kier molecular flexibility index (Phi) is 4.92. The second-order valence-electron chi connectivity index (χ2n) is 6.10. The SMILES string of the molecule is CC(CN(C(=O)c1cccc(Oc2cnccn2)c1)C1CC1)C(=O)O. The molecule has 0 bridgehead atoms. The van der Waals surface area contributed by atoms with Crippen LogP contribution in [0.1, 0.15) is 30.1 Å². The molecule has 0 radical (unpaired) electrons. The molecule has 25 heavy (non-hydrogen) atoms. The summed E-state index contributed by atoms with van der Waals surface area (Å²) in [5.74, 6) is -0.874. The summed E-state index contributed by atoms with van der Waals surface area (Å²) < 4.78 is 5.61. The lowest BCUT2D eigenvalue weighted by molar-refractivity contribution is -0.141. The minimum absolute atomic E-state index is 0.124. The Morgan fingerprint density at radius 3 is 2.80 bits per heavy atom. The topological polar surface area (TPSA) is 92.6 Å². The first-order chi connectivity index (χ1) is 12.0. The fraction of sp³-hybridized carbons (Fsp3) is 0.333. The Morgan fingerprint density at radius 1 is 1.36 bits per heavy atom. The van der Waals surface area contributed by atoms with E-state index in [1.165, 1.54) is 12.4 Å². The lowest BCUT2D eigenvalue weighted by Gasteiger charge is -2.24. The van der Waals surface area contributed by atoms with Gasteiger partial charge in [-0.15, -0.1) is 0 Å². The van der Waals surface area contributed by atoms with Crippen LogP contribution in [0.25, 0.3) is 0 Å². The molecule has 1 aliphatic carbocycles. The molecule has 1 atom stereocenters. The van der Waals surface area contributed by atoms with Gasteiger partial charge in [-0.1, -0.05) is 13.0 Å². The van der Waals surface area contributed by atoms with E-state index in [4.69, 9.17) is 9.84 Å². The lowest BCUT2D eigenvalue weighted by atomic mass is 10.1. The molecule has 1 heterocycles. The standard InChI is InChI=1S/C18H19N3O4/c1-12(18(23)24)11-21(14-5-6-14)17(22)13-3-2-4-15(9-13)25-16-10-19-7-8-20-16/h2-4,7-10,12,14H,5-6,11H2,1H3,(H,23,24). The maximum Gasteiger partial charge on any atom is 0.308 e. The summed E-state index contributed by atoms with van der Waals surface area (Å²) in [6, 6.07) is 6.92. The second-order valence-corrected chi connectivity index (χ2v) is 6.10. The van der Waals surface area contributed by atoms with E-state index < -0.39 is 11.9 Å². The van der Waals surface area contributed by atoms with E-state index in [1.807, 2.05) is 0 Å². The number of hydrogen-bond acceptors (Lipinski definition) is 5. The molecule has 1 aliphatic rings. The van der Waals surface area contributed by atoms with Crippen LogP contribution in [0.3, 0.4) is 0 Å². The van der Waals surface area contributed by atoms with Gasteiger partial charge in [-0.3, -0.25) is 14.6 Å². The molecule has 1 saturated carbocycles. The number of benzene rings is 1. The highest BCUT2D eigenvalue weighted by Gasteiger charge is 2.35. The smallest absolute Gasteiger partial charge is 0.308 e. The first-order valence-corrected chi connectivity index (χ1v) is 8.12. The number of carboxylic acids is 1. The molecule has 1 fully saturated rings. The van der Waals surface area contributed by atoms with E-state index >= 15 is 0 Å². The van der Waals surface area contributed by atoms with Gasteiger partial charge in [-0.05, 0) is 31.0 Å². The van der Waals surface area contributed by atoms with Gasteiger partial charge in [0.25, 0.3) is 5.91 Å². The first kappa shape index (κ1) is 16.9. The molecular formula is C18H19N3O4. The van der Waals surface area contributed by atoms with E-state index in [1.54, 1.807) is 42.3 Å². The highest BCUT2D eigenvalue weighted by molar-refractivity contribution is 5.95. The molecule has 130 valence electrons. The number of carbonyl (C=O) groups is 2. The minimum Gasteiger partial charge on any atom is -0.481 e. The lowest BCUT2D eigenvalue weighted by Crippen LogP contribution is -2.38. The predicted octanol–water partition coefficient (Wildman–Crippen LogP) is 2.59. The van der Waals surface area contributed by atoms with Gasteiger partial charge in [-0.2, -0.15) is 0 Å². The summed E-state index contributed by atoms with van der Waals surface area (Å²) in [7, 11) is 0. The maximum absolute atomic E-state index is 12.8. The zero-order valence-electron chi connectivity index (χ0n) is 13.8.